The smallest absolute Gasteiger partial charge is 0.274 e. The third-order valence-corrected chi connectivity index (χ3v) is 4.49. The molecule has 9 heteroatoms. The van der Waals surface area contributed by atoms with E-state index in [0.717, 1.165) is 5.56 Å². The molecule has 1 aliphatic rings. The van der Waals surface area contributed by atoms with Crippen LogP contribution in [0.5, 0.6) is 0 Å². The summed E-state index contributed by atoms with van der Waals surface area (Å²) in [6.07, 6.45) is 4.22. The number of ketones is 1. The van der Waals surface area contributed by atoms with Gasteiger partial charge in [0.15, 0.2) is 17.2 Å². The molecule has 3 aromatic rings. The molecule has 0 unspecified atom stereocenters. The molecule has 0 spiro atoms. The summed E-state index contributed by atoms with van der Waals surface area (Å²) in [5, 5.41) is 10.6. The Kier molecular flexibility index (Phi) is 4.36. The molecule has 0 aromatic carbocycles. The van der Waals surface area contributed by atoms with Crippen molar-refractivity contribution < 1.29 is 9.53 Å². The molecule has 4 bridgehead atoms. The van der Waals surface area contributed by atoms with Crippen LogP contribution < -0.4 is 16.2 Å². The lowest BCUT2D eigenvalue weighted by Crippen LogP contribution is -2.21. The van der Waals surface area contributed by atoms with E-state index in [2.05, 4.69) is 20.7 Å². The minimum Gasteiger partial charge on any atom is -0.385 e. The summed E-state index contributed by atoms with van der Waals surface area (Å²) >= 11 is 0. The van der Waals surface area contributed by atoms with Crippen LogP contribution in [0.25, 0.3) is 5.65 Å². The van der Waals surface area contributed by atoms with Crippen LogP contribution in [0.4, 0.5) is 17.2 Å². The summed E-state index contributed by atoms with van der Waals surface area (Å²) in [6.45, 7) is 0.817. The van der Waals surface area contributed by atoms with Gasteiger partial charge in [-0.05, 0) is 18.1 Å². The molecular weight excluding hydrogens is 348 g/mol. The van der Waals surface area contributed by atoms with Gasteiger partial charge in [0.25, 0.3) is 5.56 Å². The van der Waals surface area contributed by atoms with E-state index in [1.807, 2.05) is 0 Å². The van der Waals surface area contributed by atoms with Gasteiger partial charge in [0.2, 0.25) is 0 Å². The molecule has 140 valence electrons. The van der Waals surface area contributed by atoms with Gasteiger partial charge in [-0.1, -0.05) is 0 Å². The van der Waals surface area contributed by atoms with Gasteiger partial charge in [-0.3, -0.25) is 9.59 Å². The summed E-state index contributed by atoms with van der Waals surface area (Å²) in [4.78, 5) is 29.4. The lowest BCUT2D eigenvalue weighted by atomic mass is 10.2. The SMILES string of the molecule is CNc1cc2nn3c(cnc13)C(=O)CCCOCc1cc(c(=O)n(C)c1)N2. The highest BCUT2D eigenvalue weighted by Gasteiger charge is 2.17. The number of Topliss-reactive ketones (excluding diaryl/α,β-unsaturated/α-hetero) is 1. The second-order valence-electron chi connectivity index (χ2n) is 6.45. The number of nitrogens with zero attached hydrogens (tertiary/aromatic N) is 4. The maximum Gasteiger partial charge on any atom is 0.274 e. The third kappa shape index (κ3) is 3.17. The minimum atomic E-state index is -0.180. The first-order valence-corrected chi connectivity index (χ1v) is 8.71. The van der Waals surface area contributed by atoms with Gasteiger partial charge in [0, 0.05) is 39.4 Å². The fourth-order valence-electron chi connectivity index (χ4n) is 3.14. The van der Waals surface area contributed by atoms with Crippen LogP contribution in [-0.2, 0) is 18.4 Å². The number of aromatic nitrogens is 4. The van der Waals surface area contributed by atoms with Gasteiger partial charge >= 0.3 is 0 Å². The number of rotatable bonds is 1. The summed E-state index contributed by atoms with van der Waals surface area (Å²) in [5.41, 5.74) is 2.73. The maximum atomic E-state index is 12.6. The van der Waals surface area contributed by atoms with E-state index in [0.29, 0.717) is 54.6 Å². The average molecular weight is 368 g/mol. The molecule has 0 fully saturated rings. The number of nitrogens with one attached hydrogen (secondary N) is 2. The Morgan fingerprint density at radius 1 is 1.30 bits per heavy atom. The first kappa shape index (κ1) is 17.2. The van der Waals surface area contributed by atoms with E-state index in [9.17, 15) is 9.59 Å². The molecule has 0 radical (unpaired) electrons. The molecule has 9 nitrogen and oxygen atoms in total. The zero-order chi connectivity index (χ0) is 19.0. The quantitative estimate of drug-likeness (QED) is 0.674. The number of carbonyl (C=O) groups is 1. The molecule has 27 heavy (non-hydrogen) atoms. The Balaban J connectivity index is 1.90. The summed E-state index contributed by atoms with van der Waals surface area (Å²) in [6, 6.07) is 3.52. The summed E-state index contributed by atoms with van der Waals surface area (Å²) in [5.74, 6) is 0.385. The average Bonchev–Trinajstić information content (AvgIpc) is 3.08. The number of anilines is 3. The van der Waals surface area contributed by atoms with Gasteiger partial charge in [0.1, 0.15) is 11.4 Å². The molecule has 0 amide bonds. The number of imidazole rings is 1. The van der Waals surface area contributed by atoms with Crippen molar-refractivity contribution in [1.29, 1.82) is 0 Å². The molecule has 0 atom stereocenters. The van der Waals surface area contributed by atoms with Crippen LogP contribution in [0.3, 0.4) is 0 Å². The Labute approximate surface area is 155 Å². The molecule has 3 aromatic heterocycles. The van der Waals surface area contributed by atoms with Crippen molar-refractivity contribution in [2.24, 2.45) is 7.05 Å². The highest BCUT2D eigenvalue weighted by Crippen LogP contribution is 2.23. The van der Waals surface area contributed by atoms with Crippen molar-refractivity contribution in [2.75, 3.05) is 24.3 Å². The molecule has 4 rings (SSSR count). The number of fused-ring (bicyclic) bond motifs is 3. The lowest BCUT2D eigenvalue weighted by Gasteiger charge is -2.13. The highest BCUT2D eigenvalue weighted by atomic mass is 16.5. The Hall–Kier alpha value is -3.20. The van der Waals surface area contributed by atoms with Crippen LogP contribution in [0, 0.1) is 0 Å². The fraction of sp³-hybridized carbons (Fsp3) is 0.333. The minimum absolute atomic E-state index is 0.0516. The van der Waals surface area contributed by atoms with Gasteiger partial charge in [-0.15, -0.1) is 5.10 Å². The fourth-order valence-corrected chi connectivity index (χ4v) is 3.14. The van der Waals surface area contributed by atoms with Gasteiger partial charge in [-0.2, -0.15) is 0 Å². The van der Waals surface area contributed by atoms with Gasteiger partial charge in [-0.25, -0.2) is 9.50 Å². The van der Waals surface area contributed by atoms with Crippen molar-refractivity contribution >= 4 is 28.6 Å². The second kappa shape index (κ2) is 6.84. The second-order valence-corrected chi connectivity index (χ2v) is 6.45. The van der Waals surface area contributed by atoms with Crippen LogP contribution in [0.2, 0.25) is 0 Å². The van der Waals surface area contributed by atoms with Crippen LogP contribution in [0.15, 0.2) is 29.3 Å². The number of aryl methyl sites for hydroxylation is 1. The van der Waals surface area contributed by atoms with Crippen LogP contribution >= 0.6 is 0 Å². The first-order valence-electron chi connectivity index (χ1n) is 8.71. The summed E-state index contributed by atoms with van der Waals surface area (Å²) in [7, 11) is 3.47. The number of hydrogen-bond acceptors (Lipinski definition) is 7. The van der Waals surface area contributed by atoms with E-state index >= 15 is 0 Å². The van der Waals surface area contributed by atoms with E-state index < -0.39 is 0 Å². The van der Waals surface area contributed by atoms with Crippen LogP contribution in [-0.4, -0.2) is 38.6 Å². The van der Waals surface area contributed by atoms with Crippen molar-refractivity contribution in [1.82, 2.24) is 19.2 Å². The standard InChI is InChI=1S/C18H20N6O3/c1-19-12-7-16-21-13-6-11(9-23(2)18(13)26)10-27-5-3-4-15(25)14-8-20-17(12)24(14)22-16/h6-9,19H,3-5,10H2,1-2H3,(H,21,22). The zero-order valence-electron chi connectivity index (χ0n) is 15.2. The molecule has 0 saturated heterocycles. The van der Waals surface area contributed by atoms with Crippen molar-refractivity contribution in [3.63, 3.8) is 0 Å². The molecule has 4 heterocycles. The topological polar surface area (TPSA) is 103 Å². The van der Waals surface area contributed by atoms with E-state index in [1.54, 1.807) is 32.4 Å². The van der Waals surface area contributed by atoms with Crippen molar-refractivity contribution in [3.8, 4) is 0 Å². The van der Waals surface area contributed by atoms with Gasteiger partial charge in [0.05, 0.1) is 18.5 Å². The molecule has 1 aliphatic heterocycles. The maximum absolute atomic E-state index is 12.6. The van der Waals surface area contributed by atoms with E-state index in [-0.39, 0.29) is 11.3 Å². The monoisotopic (exact) mass is 368 g/mol. The third-order valence-electron chi connectivity index (χ3n) is 4.49. The Morgan fingerprint density at radius 3 is 2.96 bits per heavy atom. The van der Waals surface area contributed by atoms with Crippen LogP contribution in [0.1, 0.15) is 28.9 Å². The lowest BCUT2D eigenvalue weighted by molar-refractivity contribution is 0.0912. The highest BCUT2D eigenvalue weighted by molar-refractivity contribution is 5.95. The van der Waals surface area contributed by atoms with Crippen molar-refractivity contribution in [2.45, 2.75) is 19.4 Å². The first-order chi connectivity index (χ1) is 13.1. The largest absolute Gasteiger partial charge is 0.385 e. The van der Waals surface area contributed by atoms with E-state index in [4.69, 9.17) is 4.74 Å². The summed E-state index contributed by atoms with van der Waals surface area (Å²) < 4.78 is 8.68. The number of ether oxygens (including phenoxy) is 1. The predicted octanol–water partition coefficient (Wildman–Crippen LogP) is 1.71. The number of pyridine rings is 1. The molecular formula is C18H20N6O3. The number of carbonyl (C=O) groups excluding carboxylic acids is 1. The Bertz CT molecular complexity index is 1080. The normalized spacial score (nSPS) is 14.8. The van der Waals surface area contributed by atoms with Crippen molar-refractivity contribution in [3.05, 3.63) is 46.1 Å². The number of hydrogen-bond donors (Lipinski definition) is 2. The molecule has 0 saturated carbocycles. The molecule has 2 N–H and O–H groups in total. The van der Waals surface area contributed by atoms with Gasteiger partial charge < -0.3 is 19.9 Å². The zero-order valence-corrected chi connectivity index (χ0v) is 15.2. The molecule has 0 aliphatic carbocycles. The van der Waals surface area contributed by atoms with E-state index in [1.165, 1.54) is 15.3 Å². The predicted molar refractivity (Wildman–Crippen MR) is 101 cm³/mol. The Morgan fingerprint density at radius 2 is 2.15 bits per heavy atom.